The minimum Gasteiger partial charge on any atom is -0.459 e. The Kier molecular flexibility index (Phi) is 7.16. The van der Waals surface area contributed by atoms with Crippen molar-refractivity contribution >= 4 is 17.5 Å². The molecule has 1 aromatic rings. The van der Waals surface area contributed by atoms with Gasteiger partial charge in [-0.25, -0.2) is 0 Å². The highest BCUT2D eigenvalue weighted by atomic mass is 35.5. The lowest BCUT2D eigenvalue weighted by Gasteiger charge is -2.37. The molecule has 27 heavy (non-hydrogen) atoms. The number of likely N-dealkylation sites (tertiary alicyclic amines) is 1. The molecular weight excluding hydrogens is 366 g/mol. The Bertz CT molecular complexity index is 655. The molecule has 2 aliphatic heterocycles. The SMILES string of the molecule is CCO[C@@H]1OC(C(=O)N2CCCC2)=C[C@H](c2ccc(Cl)cc2)[C@H]1CCCO. The maximum atomic E-state index is 12.9. The van der Waals surface area contributed by atoms with E-state index in [9.17, 15) is 9.90 Å². The molecule has 1 N–H and O–H groups in total. The minimum absolute atomic E-state index is 0.0217. The molecular formula is C21H28ClNO4. The molecule has 2 heterocycles. The van der Waals surface area contributed by atoms with Crippen LogP contribution < -0.4 is 0 Å². The summed E-state index contributed by atoms with van der Waals surface area (Å²) in [4.78, 5) is 14.8. The second kappa shape index (κ2) is 9.58. The maximum absolute atomic E-state index is 12.9. The molecule has 0 unspecified atom stereocenters. The van der Waals surface area contributed by atoms with Crippen molar-refractivity contribution in [2.24, 2.45) is 5.92 Å². The molecule has 5 nitrogen and oxygen atoms in total. The molecule has 0 radical (unpaired) electrons. The van der Waals surface area contributed by atoms with Crippen LogP contribution in [0.5, 0.6) is 0 Å². The van der Waals surface area contributed by atoms with Crippen LogP contribution in [0, 0.1) is 5.92 Å². The number of rotatable bonds is 7. The molecule has 1 aromatic carbocycles. The number of amides is 1. The molecule has 0 bridgehead atoms. The number of carbonyl (C=O) groups excluding carboxylic acids is 1. The Hall–Kier alpha value is -1.56. The lowest BCUT2D eigenvalue weighted by molar-refractivity contribution is -0.170. The number of carbonyl (C=O) groups is 1. The van der Waals surface area contributed by atoms with Gasteiger partial charge in [0.25, 0.3) is 5.91 Å². The van der Waals surface area contributed by atoms with Crippen LogP contribution >= 0.6 is 11.6 Å². The second-order valence-electron chi connectivity index (χ2n) is 7.08. The van der Waals surface area contributed by atoms with Crippen molar-refractivity contribution in [3.63, 3.8) is 0 Å². The smallest absolute Gasteiger partial charge is 0.288 e. The number of aliphatic hydroxyl groups excluding tert-OH is 1. The number of allylic oxidation sites excluding steroid dienone is 1. The quantitative estimate of drug-likeness (QED) is 0.767. The summed E-state index contributed by atoms with van der Waals surface area (Å²) >= 11 is 6.06. The van der Waals surface area contributed by atoms with Crippen LogP contribution in [0.4, 0.5) is 0 Å². The van der Waals surface area contributed by atoms with Gasteiger partial charge in [0.15, 0.2) is 5.76 Å². The van der Waals surface area contributed by atoms with Crippen LogP contribution in [0.1, 0.15) is 44.1 Å². The van der Waals surface area contributed by atoms with Gasteiger partial charge in [-0.1, -0.05) is 23.7 Å². The highest BCUT2D eigenvalue weighted by molar-refractivity contribution is 6.30. The van der Waals surface area contributed by atoms with Crippen molar-refractivity contribution in [1.82, 2.24) is 4.90 Å². The Labute approximate surface area is 165 Å². The van der Waals surface area contributed by atoms with Gasteiger partial charge in [-0.3, -0.25) is 4.79 Å². The average Bonchev–Trinajstić information content (AvgIpc) is 3.21. The van der Waals surface area contributed by atoms with Gasteiger partial charge in [0.1, 0.15) is 0 Å². The fraction of sp³-hybridized carbons (Fsp3) is 0.571. The molecule has 3 atom stereocenters. The normalized spacial score (nSPS) is 25.2. The topological polar surface area (TPSA) is 59.0 Å². The summed E-state index contributed by atoms with van der Waals surface area (Å²) < 4.78 is 11.9. The summed E-state index contributed by atoms with van der Waals surface area (Å²) in [7, 11) is 0. The molecule has 1 amide bonds. The van der Waals surface area contributed by atoms with Crippen LogP contribution in [0.15, 0.2) is 36.1 Å². The second-order valence-corrected chi connectivity index (χ2v) is 7.52. The number of benzene rings is 1. The fourth-order valence-corrected chi connectivity index (χ4v) is 4.02. The van der Waals surface area contributed by atoms with E-state index in [2.05, 4.69) is 0 Å². The van der Waals surface area contributed by atoms with E-state index < -0.39 is 6.29 Å². The summed E-state index contributed by atoms with van der Waals surface area (Å²) in [5.41, 5.74) is 1.07. The monoisotopic (exact) mass is 393 g/mol. The first-order valence-corrected chi connectivity index (χ1v) is 10.2. The van der Waals surface area contributed by atoms with Crippen LogP contribution in [-0.2, 0) is 14.3 Å². The van der Waals surface area contributed by atoms with Crippen molar-refractivity contribution in [3.8, 4) is 0 Å². The number of halogens is 1. The zero-order valence-corrected chi connectivity index (χ0v) is 16.5. The molecule has 1 fully saturated rings. The third-order valence-electron chi connectivity index (χ3n) is 5.27. The summed E-state index contributed by atoms with van der Waals surface area (Å²) in [6, 6.07) is 7.70. The predicted octanol–water partition coefficient (Wildman–Crippen LogP) is 3.71. The van der Waals surface area contributed by atoms with Crippen molar-refractivity contribution in [2.45, 2.75) is 44.8 Å². The molecule has 0 aliphatic carbocycles. The van der Waals surface area contributed by atoms with Gasteiger partial charge in [0.2, 0.25) is 6.29 Å². The van der Waals surface area contributed by atoms with E-state index in [1.807, 2.05) is 42.2 Å². The molecule has 2 aliphatic rings. The van der Waals surface area contributed by atoms with Gasteiger partial charge in [-0.05, 0) is 56.4 Å². The van der Waals surface area contributed by atoms with E-state index in [1.54, 1.807) is 0 Å². The van der Waals surface area contributed by atoms with E-state index in [1.165, 1.54) is 0 Å². The molecule has 6 heteroatoms. The fourth-order valence-electron chi connectivity index (χ4n) is 3.90. The van der Waals surface area contributed by atoms with Crippen molar-refractivity contribution in [1.29, 1.82) is 0 Å². The van der Waals surface area contributed by atoms with Gasteiger partial charge in [-0.2, -0.15) is 0 Å². The van der Waals surface area contributed by atoms with Crippen LogP contribution in [0.3, 0.4) is 0 Å². The highest BCUT2D eigenvalue weighted by Crippen LogP contribution is 2.40. The van der Waals surface area contributed by atoms with Crippen LogP contribution in [0.2, 0.25) is 5.02 Å². The summed E-state index contributed by atoms with van der Waals surface area (Å²) in [6.07, 6.45) is 4.90. The number of aliphatic hydroxyl groups is 1. The van der Waals surface area contributed by atoms with Crippen molar-refractivity contribution in [3.05, 3.63) is 46.7 Å². The molecule has 1 saturated heterocycles. The Morgan fingerprint density at radius 2 is 2.00 bits per heavy atom. The van der Waals surface area contributed by atoms with Crippen LogP contribution in [0.25, 0.3) is 0 Å². The Morgan fingerprint density at radius 1 is 1.30 bits per heavy atom. The maximum Gasteiger partial charge on any atom is 0.288 e. The van der Waals surface area contributed by atoms with Crippen molar-refractivity contribution < 1.29 is 19.4 Å². The van der Waals surface area contributed by atoms with Gasteiger partial charge in [-0.15, -0.1) is 0 Å². The largest absolute Gasteiger partial charge is 0.459 e. The first-order chi connectivity index (χ1) is 13.1. The third-order valence-corrected chi connectivity index (χ3v) is 5.52. The molecule has 0 saturated carbocycles. The highest BCUT2D eigenvalue weighted by Gasteiger charge is 2.39. The third kappa shape index (κ3) is 4.84. The van der Waals surface area contributed by atoms with Crippen molar-refractivity contribution in [2.75, 3.05) is 26.3 Å². The summed E-state index contributed by atoms with van der Waals surface area (Å²) in [6.45, 7) is 4.09. The number of ether oxygens (including phenoxy) is 2. The lowest BCUT2D eigenvalue weighted by atomic mass is 9.80. The van der Waals surface area contributed by atoms with E-state index >= 15 is 0 Å². The van der Waals surface area contributed by atoms with E-state index in [0.717, 1.165) is 37.9 Å². The zero-order valence-electron chi connectivity index (χ0n) is 15.8. The molecule has 0 spiro atoms. The number of hydrogen-bond acceptors (Lipinski definition) is 4. The predicted molar refractivity (Wildman–Crippen MR) is 104 cm³/mol. The van der Waals surface area contributed by atoms with E-state index in [0.29, 0.717) is 23.8 Å². The number of hydrogen-bond donors (Lipinski definition) is 1. The average molecular weight is 394 g/mol. The molecule has 148 valence electrons. The van der Waals surface area contributed by atoms with Gasteiger partial charge < -0.3 is 19.5 Å². The minimum atomic E-state index is -0.506. The van der Waals surface area contributed by atoms with E-state index in [-0.39, 0.29) is 24.3 Å². The molecule has 3 rings (SSSR count). The van der Waals surface area contributed by atoms with E-state index in [4.69, 9.17) is 21.1 Å². The number of nitrogens with zero attached hydrogens (tertiary/aromatic N) is 1. The zero-order chi connectivity index (χ0) is 19.2. The molecule has 0 aromatic heterocycles. The van der Waals surface area contributed by atoms with Gasteiger partial charge in [0, 0.05) is 43.2 Å². The first kappa shape index (κ1) is 20.2. The standard InChI is InChI=1S/C21H28ClNO4/c1-2-26-21-17(6-5-13-24)18(15-7-9-16(22)10-8-15)14-19(27-21)20(25)23-11-3-4-12-23/h7-10,14,17-18,21,24H,2-6,11-13H2,1H3/t17-,18-,21-/m1/s1. The Morgan fingerprint density at radius 3 is 2.63 bits per heavy atom. The van der Waals surface area contributed by atoms with Crippen LogP contribution in [-0.4, -0.2) is 48.5 Å². The summed E-state index contributed by atoms with van der Waals surface area (Å²) in [5.74, 6) is 0.307. The summed E-state index contributed by atoms with van der Waals surface area (Å²) in [5, 5.41) is 9.99. The lowest BCUT2D eigenvalue weighted by Crippen LogP contribution is -2.39. The van der Waals surface area contributed by atoms with Gasteiger partial charge >= 0.3 is 0 Å². The Balaban J connectivity index is 1.93. The van der Waals surface area contributed by atoms with Gasteiger partial charge in [0.05, 0.1) is 0 Å². The first-order valence-electron chi connectivity index (χ1n) is 9.79.